The van der Waals surface area contributed by atoms with Crippen LogP contribution < -0.4 is 15.4 Å². The Labute approximate surface area is 227 Å². The highest BCUT2D eigenvalue weighted by Crippen LogP contribution is 2.28. The SMILES string of the molecule is CCCCCCN(C(=O)C(C)NC(=O)OC(C)(C)C)C(C(=O)Nc1ccc(OC)cc1)c1ccccc1C. The summed E-state index contributed by atoms with van der Waals surface area (Å²) in [6.07, 6.45) is 3.05. The van der Waals surface area contributed by atoms with Gasteiger partial charge in [0.15, 0.2) is 0 Å². The standard InChI is InChI=1S/C30H43N3O5/c1-8-9-10-13-20-33(28(35)22(3)31-29(36)38-30(4,5)6)26(25-15-12-11-14-21(25)2)27(34)32-23-16-18-24(37-7)19-17-23/h11-12,14-19,22,26H,8-10,13,20H2,1-7H3,(H,31,36)(H,32,34). The average Bonchev–Trinajstić information content (AvgIpc) is 2.85. The molecule has 0 radical (unpaired) electrons. The minimum absolute atomic E-state index is 0.335. The average molecular weight is 526 g/mol. The lowest BCUT2D eigenvalue weighted by atomic mass is 9.97. The molecule has 8 nitrogen and oxygen atoms in total. The second kappa shape index (κ2) is 14.4. The molecule has 3 amide bonds. The van der Waals surface area contributed by atoms with Gasteiger partial charge in [0.25, 0.3) is 5.91 Å². The first-order valence-electron chi connectivity index (χ1n) is 13.3. The van der Waals surface area contributed by atoms with Gasteiger partial charge in [-0.2, -0.15) is 0 Å². The van der Waals surface area contributed by atoms with Gasteiger partial charge in [-0.25, -0.2) is 4.79 Å². The molecule has 0 aliphatic rings. The predicted molar refractivity (Wildman–Crippen MR) is 150 cm³/mol. The van der Waals surface area contributed by atoms with E-state index in [1.165, 1.54) is 0 Å². The van der Waals surface area contributed by atoms with Crippen LogP contribution in [-0.4, -0.2) is 48.1 Å². The number of nitrogens with zero attached hydrogens (tertiary/aromatic N) is 1. The molecule has 2 atom stereocenters. The zero-order chi connectivity index (χ0) is 28.3. The van der Waals surface area contributed by atoms with Crippen LogP contribution in [-0.2, 0) is 14.3 Å². The van der Waals surface area contributed by atoms with Gasteiger partial charge in [-0.3, -0.25) is 9.59 Å². The molecule has 2 aromatic rings. The van der Waals surface area contributed by atoms with Gasteiger partial charge in [0.2, 0.25) is 5.91 Å². The molecule has 2 rings (SSSR count). The van der Waals surface area contributed by atoms with E-state index in [-0.39, 0.29) is 11.8 Å². The molecule has 0 aliphatic carbocycles. The summed E-state index contributed by atoms with van der Waals surface area (Å²) in [7, 11) is 1.58. The summed E-state index contributed by atoms with van der Waals surface area (Å²) in [6.45, 7) is 11.3. The minimum atomic E-state index is -0.893. The van der Waals surface area contributed by atoms with E-state index < -0.39 is 23.8 Å². The highest BCUT2D eigenvalue weighted by molar-refractivity contribution is 5.99. The van der Waals surface area contributed by atoms with Crippen LogP contribution in [0.4, 0.5) is 10.5 Å². The first kappa shape index (κ1) is 30.7. The normalized spacial score (nSPS) is 12.7. The third kappa shape index (κ3) is 9.39. The number of benzene rings is 2. The number of carbonyl (C=O) groups is 3. The first-order valence-corrected chi connectivity index (χ1v) is 13.3. The Morgan fingerprint density at radius 1 is 0.974 bits per heavy atom. The number of ether oxygens (including phenoxy) is 2. The van der Waals surface area contributed by atoms with Crippen molar-refractivity contribution in [2.24, 2.45) is 0 Å². The topological polar surface area (TPSA) is 97.0 Å². The number of hydrogen-bond acceptors (Lipinski definition) is 5. The zero-order valence-corrected chi connectivity index (χ0v) is 23.8. The summed E-state index contributed by atoms with van der Waals surface area (Å²) in [5.41, 5.74) is 1.51. The Hall–Kier alpha value is -3.55. The summed E-state index contributed by atoms with van der Waals surface area (Å²) in [5, 5.41) is 5.61. The lowest BCUT2D eigenvalue weighted by molar-refractivity contribution is -0.140. The van der Waals surface area contributed by atoms with Crippen molar-refractivity contribution in [3.63, 3.8) is 0 Å². The maximum atomic E-state index is 13.8. The third-order valence-electron chi connectivity index (χ3n) is 6.04. The fourth-order valence-corrected chi connectivity index (χ4v) is 4.10. The van der Waals surface area contributed by atoms with Crippen molar-refractivity contribution in [1.29, 1.82) is 0 Å². The van der Waals surface area contributed by atoms with Crippen LogP contribution in [0.2, 0.25) is 0 Å². The van der Waals surface area contributed by atoms with E-state index >= 15 is 0 Å². The molecule has 2 N–H and O–H groups in total. The molecule has 0 saturated carbocycles. The maximum absolute atomic E-state index is 13.8. The fourth-order valence-electron chi connectivity index (χ4n) is 4.10. The number of carbonyl (C=O) groups excluding carboxylic acids is 3. The van der Waals surface area contributed by atoms with Crippen molar-refractivity contribution in [1.82, 2.24) is 10.2 Å². The van der Waals surface area contributed by atoms with Gasteiger partial charge in [-0.15, -0.1) is 0 Å². The lowest BCUT2D eigenvalue weighted by Gasteiger charge is -2.34. The molecule has 208 valence electrons. The van der Waals surface area contributed by atoms with Gasteiger partial charge in [-0.1, -0.05) is 50.5 Å². The Balaban J connectivity index is 2.42. The molecule has 0 aromatic heterocycles. The molecule has 2 unspecified atom stereocenters. The molecule has 0 spiro atoms. The Bertz CT molecular complexity index is 1060. The van der Waals surface area contributed by atoms with Crippen LogP contribution in [0.25, 0.3) is 0 Å². The number of nitrogens with one attached hydrogen (secondary N) is 2. The second-order valence-electron chi connectivity index (χ2n) is 10.4. The summed E-state index contributed by atoms with van der Waals surface area (Å²) in [4.78, 5) is 41.7. The van der Waals surface area contributed by atoms with E-state index in [2.05, 4.69) is 17.6 Å². The van der Waals surface area contributed by atoms with Gasteiger partial charge in [-0.05, 0) is 76.4 Å². The van der Waals surface area contributed by atoms with Crippen molar-refractivity contribution in [2.45, 2.75) is 84.9 Å². The van der Waals surface area contributed by atoms with Crippen LogP contribution in [0.15, 0.2) is 48.5 Å². The number of aryl methyl sites for hydroxylation is 1. The minimum Gasteiger partial charge on any atom is -0.497 e. The maximum Gasteiger partial charge on any atom is 0.408 e. The van der Waals surface area contributed by atoms with Crippen LogP contribution in [0, 0.1) is 6.92 Å². The predicted octanol–water partition coefficient (Wildman–Crippen LogP) is 6.01. The van der Waals surface area contributed by atoms with Gasteiger partial charge in [0.1, 0.15) is 23.4 Å². The van der Waals surface area contributed by atoms with Crippen LogP contribution in [0.1, 0.15) is 77.5 Å². The number of hydrogen-bond donors (Lipinski definition) is 2. The van der Waals surface area contributed by atoms with Crippen LogP contribution in [0.3, 0.4) is 0 Å². The molecule has 0 bridgehead atoms. The number of unbranched alkanes of at least 4 members (excludes halogenated alkanes) is 3. The molecular formula is C30H43N3O5. The molecular weight excluding hydrogens is 482 g/mol. The van der Waals surface area contributed by atoms with E-state index in [1.807, 2.05) is 31.2 Å². The van der Waals surface area contributed by atoms with Crippen molar-refractivity contribution < 1.29 is 23.9 Å². The van der Waals surface area contributed by atoms with Crippen molar-refractivity contribution in [3.05, 3.63) is 59.7 Å². The molecule has 0 heterocycles. The van der Waals surface area contributed by atoms with E-state index in [1.54, 1.807) is 64.0 Å². The number of methoxy groups -OCH3 is 1. The van der Waals surface area contributed by atoms with Crippen molar-refractivity contribution in [3.8, 4) is 5.75 Å². The Kier molecular flexibility index (Phi) is 11.6. The number of alkyl carbamates (subject to hydrolysis) is 1. The molecule has 0 saturated heterocycles. The molecule has 0 aliphatic heterocycles. The quantitative estimate of drug-likeness (QED) is 0.331. The fraction of sp³-hybridized carbons (Fsp3) is 0.500. The highest BCUT2D eigenvalue weighted by atomic mass is 16.6. The smallest absolute Gasteiger partial charge is 0.408 e. The monoisotopic (exact) mass is 525 g/mol. The zero-order valence-electron chi connectivity index (χ0n) is 23.8. The first-order chi connectivity index (χ1) is 18.0. The summed E-state index contributed by atoms with van der Waals surface area (Å²) in [5.74, 6) is -0.0171. The lowest BCUT2D eigenvalue weighted by Crippen LogP contribution is -2.51. The molecule has 8 heteroatoms. The van der Waals surface area contributed by atoms with Crippen molar-refractivity contribution in [2.75, 3.05) is 19.0 Å². The van der Waals surface area contributed by atoms with E-state index in [0.29, 0.717) is 18.0 Å². The molecule has 0 fully saturated rings. The Morgan fingerprint density at radius 3 is 2.21 bits per heavy atom. The van der Waals surface area contributed by atoms with Crippen LogP contribution >= 0.6 is 0 Å². The van der Waals surface area contributed by atoms with Gasteiger partial charge < -0.3 is 25.0 Å². The van der Waals surface area contributed by atoms with Crippen molar-refractivity contribution >= 4 is 23.6 Å². The number of anilines is 1. The summed E-state index contributed by atoms with van der Waals surface area (Å²) < 4.78 is 10.6. The summed E-state index contributed by atoms with van der Waals surface area (Å²) in [6, 6.07) is 12.8. The van der Waals surface area contributed by atoms with Gasteiger partial charge >= 0.3 is 6.09 Å². The van der Waals surface area contributed by atoms with Gasteiger partial charge in [0, 0.05) is 12.2 Å². The van der Waals surface area contributed by atoms with Gasteiger partial charge in [0.05, 0.1) is 7.11 Å². The Morgan fingerprint density at radius 2 is 1.63 bits per heavy atom. The van der Waals surface area contributed by atoms with E-state index in [0.717, 1.165) is 36.8 Å². The van der Waals surface area contributed by atoms with E-state index in [9.17, 15) is 14.4 Å². The second-order valence-corrected chi connectivity index (χ2v) is 10.4. The summed E-state index contributed by atoms with van der Waals surface area (Å²) >= 11 is 0. The number of rotatable bonds is 12. The highest BCUT2D eigenvalue weighted by Gasteiger charge is 2.35. The largest absolute Gasteiger partial charge is 0.497 e. The van der Waals surface area contributed by atoms with E-state index in [4.69, 9.17) is 9.47 Å². The molecule has 38 heavy (non-hydrogen) atoms. The number of amides is 3. The molecule has 2 aromatic carbocycles. The third-order valence-corrected chi connectivity index (χ3v) is 6.04. The van der Waals surface area contributed by atoms with Crippen LogP contribution in [0.5, 0.6) is 5.75 Å².